The van der Waals surface area contributed by atoms with E-state index in [1.165, 1.54) is 0 Å². The summed E-state index contributed by atoms with van der Waals surface area (Å²) in [5, 5.41) is 10.5. The Morgan fingerprint density at radius 3 is 2.61 bits per heavy atom. The Hall–Kier alpha value is -2.17. The number of carbonyl (C=O) groups is 1. The molecule has 5 heteroatoms. The zero-order valence-corrected chi connectivity index (χ0v) is 10.4. The van der Waals surface area contributed by atoms with Crippen LogP contribution >= 0.6 is 0 Å². The lowest BCUT2D eigenvalue weighted by molar-refractivity contribution is 0.0947. The molecule has 0 atom stereocenters. The maximum atomic E-state index is 11.8. The number of hydrogen-bond acceptors (Lipinski definition) is 4. The Balaban J connectivity index is 1.93. The van der Waals surface area contributed by atoms with Crippen LogP contribution in [-0.2, 0) is 6.54 Å². The summed E-state index contributed by atoms with van der Waals surface area (Å²) >= 11 is 0. The molecular formula is C13H15N3O2. The Kier molecular flexibility index (Phi) is 3.72. The normalized spacial score (nSPS) is 10.6. The van der Waals surface area contributed by atoms with Gasteiger partial charge in [0.2, 0.25) is 11.8 Å². The van der Waals surface area contributed by atoms with Gasteiger partial charge in [-0.2, -0.15) is 0 Å². The van der Waals surface area contributed by atoms with Crippen LogP contribution in [0.1, 0.15) is 41.9 Å². The van der Waals surface area contributed by atoms with E-state index in [1.807, 2.05) is 32.0 Å². The molecule has 0 aliphatic carbocycles. The highest BCUT2D eigenvalue weighted by molar-refractivity contribution is 5.93. The Labute approximate surface area is 105 Å². The first kappa shape index (κ1) is 12.3. The minimum Gasteiger partial charge on any atom is -0.423 e. The number of aromatic nitrogens is 2. The Morgan fingerprint density at radius 1 is 1.28 bits per heavy atom. The molecule has 1 aromatic carbocycles. The van der Waals surface area contributed by atoms with Gasteiger partial charge >= 0.3 is 0 Å². The third-order valence-electron chi connectivity index (χ3n) is 2.41. The summed E-state index contributed by atoms with van der Waals surface area (Å²) in [5.74, 6) is 1.04. The van der Waals surface area contributed by atoms with Crippen LogP contribution in [0.2, 0.25) is 0 Å². The second-order valence-electron chi connectivity index (χ2n) is 4.24. The molecule has 18 heavy (non-hydrogen) atoms. The van der Waals surface area contributed by atoms with Gasteiger partial charge in [-0.3, -0.25) is 4.79 Å². The van der Waals surface area contributed by atoms with Crippen LogP contribution in [-0.4, -0.2) is 16.1 Å². The molecule has 2 rings (SSSR count). The van der Waals surface area contributed by atoms with Gasteiger partial charge in [0.15, 0.2) is 0 Å². The summed E-state index contributed by atoms with van der Waals surface area (Å²) in [6.45, 7) is 4.19. The molecule has 1 heterocycles. The topological polar surface area (TPSA) is 68.0 Å². The van der Waals surface area contributed by atoms with E-state index in [1.54, 1.807) is 12.1 Å². The molecular weight excluding hydrogens is 230 g/mol. The second-order valence-corrected chi connectivity index (χ2v) is 4.24. The van der Waals surface area contributed by atoms with E-state index in [9.17, 15) is 4.79 Å². The quantitative estimate of drug-likeness (QED) is 0.895. The molecule has 0 aliphatic rings. The van der Waals surface area contributed by atoms with E-state index in [-0.39, 0.29) is 18.4 Å². The zero-order chi connectivity index (χ0) is 13.0. The lowest BCUT2D eigenvalue weighted by Gasteiger charge is -2.01. The molecule has 0 aliphatic heterocycles. The molecule has 0 saturated heterocycles. The molecule has 1 N–H and O–H groups in total. The van der Waals surface area contributed by atoms with Crippen molar-refractivity contribution in [1.82, 2.24) is 15.5 Å². The fourth-order valence-corrected chi connectivity index (χ4v) is 1.42. The van der Waals surface area contributed by atoms with Crippen LogP contribution in [0.25, 0.3) is 0 Å². The van der Waals surface area contributed by atoms with Crippen LogP contribution in [0, 0.1) is 0 Å². The van der Waals surface area contributed by atoms with E-state index in [0.29, 0.717) is 17.3 Å². The molecule has 0 bridgehead atoms. The molecule has 1 amide bonds. The van der Waals surface area contributed by atoms with Crippen molar-refractivity contribution in [2.75, 3.05) is 0 Å². The smallest absolute Gasteiger partial charge is 0.251 e. The van der Waals surface area contributed by atoms with E-state index < -0.39 is 0 Å². The third-order valence-corrected chi connectivity index (χ3v) is 2.41. The van der Waals surface area contributed by atoms with Crippen molar-refractivity contribution in [3.63, 3.8) is 0 Å². The lowest BCUT2D eigenvalue weighted by Crippen LogP contribution is -2.22. The van der Waals surface area contributed by atoms with Crippen molar-refractivity contribution < 1.29 is 9.21 Å². The summed E-state index contributed by atoms with van der Waals surface area (Å²) in [7, 11) is 0. The van der Waals surface area contributed by atoms with Gasteiger partial charge < -0.3 is 9.73 Å². The number of nitrogens with zero attached hydrogens (tertiary/aromatic N) is 2. The summed E-state index contributed by atoms with van der Waals surface area (Å²) in [6, 6.07) is 9.01. The molecule has 0 spiro atoms. The SMILES string of the molecule is CC(C)c1nnc(CNC(=O)c2ccccc2)o1. The average Bonchev–Trinajstić information content (AvgIpc) is 2.86. The van der Waals surface area contributed by atoms with Crippen molar-refractivity contribution in [1.29, 1.82) is 0 Å². The predicted octanol–water partition coefficient (Wildman–Crippen LogP) is 2.12. The molecule has 2 aromatic rings. The number of carbonyl (C=O) groups excluding carboxylic acids is 1. The standard InChI is InChI=1S/C13H15N3O2/c1-9(2)13-16-15-11(18-13)8-14-12(17)10-6-4-3-5-7-10/h3-7,9H,8H2,1-2H3,(H,14,17). The lowest BCUT2D eigenvalue weighted by atomic mass is 10.2. The Morgan fingerprint density at radius 2 is 2.00 bits per heavy atom. The summed E-state index contributed by atoms with van der Waals surface area (Å²) in [6.07, 6.45) is 0. The highest BCUT2D eigenvalue weighted by atomic mass is 16.4. The fraction of sp³-hybridized carbons (Fsp3) is 0.308. The van der Waals surface area contributed by atoms with Crippen LogP contribution < -0.4 is 5.32 Å². The van der Waals surface area contributed by atoms with Crippen molar-refractivity contribution in [3.8, 4) is 0 Å². The highest BCUT2D eigenvalue weighted by Gasteiger charge is 2.11. The van der Waals surface area contributed by atoms with Crippen molar-refractivity contribution in [2.24, 2.45) is 0 Å². The van der Waals surface area contributed by atoms with E-state index in [0.717, 1.165) is 0 Å². The molecule has 1 aromatic heterocycles. The van der Waals surface area contributed by atoms with Crippen LogP contribution in [0.3, 0.4) is 0 Å². The van der Waals surface area contributed by atoms with Crippen molar-refractivity contribution >= 4 is 5.91 Å². The average molecular weight is 245 g/mol. The molecule has 0 fully saturated rings. The molecule has 0 saturated carbocycles. The molecule has 0 unspecified atom stereocenters. The second kappa shape index (κ2) is 5.44. The summed E-state index contributed by atoms with van der Waals surface area (Å²) < 4.78 is 5.39. The van der Waals surface area contributed by atoms with Crippen molar-refractivity contribution in [3.05, 3.63) is 47.7 Å². The maximum absolute atomic E-state index is 11.8. The van der Waals surface area contributed by atoms with Crippen LogP contribution in [0.15, 0.2) is 34.7 Å². The fourth-order valence-electron chi connectivity index (χ4n) is 1.42. The third kappa shape index (κ3) is 2.94. The van der Waals surface area contributed by atoms with Gasteiger partial charge in [-0.05, 0) is 12.1 Å². The molecule has 94 valence electrons. The van der Waals surface area contributed by atoms with E-state index in [4.69, 9.17) is 4.42 Å². The number of nitrogens with one attached hydrogen (secondary N) is 1. The van der Waals surface area contributed by atoms with Gasteiger partial charge in [0.1, 0.15) is 0 Å². The highest BCUT2D eigenvalue weighted by Crippen LogP contribution is 2.11. The van der Waals surface area contributed by atoms with Gasteiger partial charge in [-0.15, -0.1) is 10.2 Å². The largest absolute Gasteiger partial charge is 0.423 e. The number of amides is 1. The summed E-state index contributed by atoms with van der Waals surface area (Å²) in [4.78, 5) is 11.8. The summed E-state index contributed by atoms with van der Waals surface area (Å²) in [5.41, 5.74) is 0.612. The van der Waals surface area contributed by atoms with Crippen molar-refractivity contribution in [2.45, 2.75) is 26.3 Å². The van der Waals surface area contributed by atoms with E-state index >= 15 is 0 Å². The minimum absolute atomic E-state index is 0.153. The van der Waals surface area contributed by atoms with Crippen LogP contribution in [0.4, 0.5) is 0 Å². The first-order chi connectivity index (χ1) is 8.66. The number of benzene rings is 1. The molecule has 5 nitrogen and oxygen atoms in total. The molecule has 0 radical (unpaired) electrons. The maximum Gasteiger partial charge on any atom is 0.251 e. The van der Waals surface area contributed by atoms with Gasteiger partial charge in [-0.25, -0.2) is 0 Å². The first-order valence-electron chi connectivity index (χ1n) is 5.82. The zero-order valence-electron chi connectivity index (χ0n) is 10.4. The number of hydrogen-bond donors (Lipinski definition) is 1. The van der Waals surface area contributed by atoms with Gasteiger partial charge in [0.05, 0.1) is 6.54 Å². The van der Waals surface area contributed by atoms with Gasteiger partial charge in [0.25, 0.3) is 5.91 Å². The van der Waals surface area contributed by atoms with E-state index in [2.05, 4.69) is 15.5 Å². The monoisotopic (exact) mass is 245 g/mol. The first-order valence-corrected chi connectivity index (χ1v) is 5.82. The minimum atomic E-state index is -0.153. The van der Waals surface area contributed by atoms with Crippen LogP contribution in [0.5, 0.6) is 0 Å². The predicted molar refractivity (Wildman–Crippen MR) is 66.0 cm³/mol. The number of rotatable bonds is 4. The van der Waals surface area contributed by atoms with Gasteiger partial charge in [-0.1, -0.05) is 32.0 Å². The van der Waals surface area contributed by atoms with Gasteiger partial charge in [0, 0.05) is 11.5 Å². The Bertz CT molecular complexity index is 520.